The van der Waals surface area contributed by atoms with Crippen LogP contribution in [0.2, 0.25) is 0 Å². The van der Waals surface area contributed by atoms with Gasteiger partial charge in [0.15, 0.2) is 0 Å². The zero-order valence-electron chi connectivity index (χ0n) is 22.4. The standard InChI is InChI=1S/C31H38F2N2O3/c1-30(2,3)23-8-7-9-24(17-23)31(11-5-4-6-12-31)34-19-28(36)27(35-29(37)22-10-13-38-20-22)16-21-14-25(32)18-26(33)15-21/h7-10,13-15,17-18,20,27-28,34,36H,4-6,11-12,16,19H2,1-3H3,(H,35,37). The molecule has 2 unspecified atom stereocenters. The fourth-order valence-electron chi connectivity index (χ4n) is 5.36. The minimum Gasteiger partial charge on any atom is -0.472 e. The molecule has 1 amide bonds. The number of benzene rings is 2. The van der Waals surface area contributed by atoms with Crippen LogP contribution in [0.5, 0.6) is 0 Å². The first kappa shape index (κ1) is 28.0. The van der Waals surface area contributed by atoms with Crippen LogP contribution < -0.4 is 10.6 Å². The molecule has 4 rings (SSSR count). The van der Waals surface area contributed by atoms with E-state index in [0.29, 0.717) is 11.1 Å². The number of halogens is 2. The number of nitrogens with one attached hydrogen (secondary N) is 2. The van der Waals surface area contributed by atoms with E-state index in [1.54, 1.807) is 0 Å². The maximum atomic E-state index is 13.9. The SMILES string of the molecule is CC(C)(C)c1cccc(C2(NCC(O)C(Cc3cc(F)cc(F)c3)NC(=O)c3ccoc3)CCCCC2)c1. The van der Waals surface area contributed by atoms with Gasteiger partial charge in [0.25, 0.3) is 5.91 Å². The van der Waals surface area contributed by atoms with Gasteiger partial charge in [-0.3, -0.25) is 4.79 Å². The van der Waals surface area contributed by atoms with E-state index in [-0.39, 0.29) is 23.9 Å². The monoisotopic (exact) mass is 524 g/mol. The van der Waals surface area contributed by atoms with Crippen molar-refractivity contribution in [3.63, 3.8) is 0 Å². The number of aliphatic hydroxyl groups is 1. The molecule has 7 heteroatoms. The summed E-state index contributed by atoms with van der Waals surface area (Å²) in [6.45, 7) is 6.78. The highest BCUT2D eigenvalue weighted by Crippen LogP contribution is 2.38. The molecular weight excluding hydrogens is 486 g/mol. The third kappa shape index (κ3) is 6.88. The van der Waals surface area contributed by atoms with Gasteiger partial charge >= 0.3 is 0 Å². The second kappa shape index (κ2) is 11.8. The van der Waals surface area contributed by atoms with E-state index < -0.39 is 29.7 Å². The lowest BCUT2D eigenvalue weighted by Gasteiger charge is -2.41. The highest BCUT2D eigenvalue weighted by molar-refractivity contribution is 5.94. The van der Waals surface area contributed by atoms with Crippen molar-refractivity contribution in [1.29, 1.82) is 0 Å². The molecule has 204 valence electrons. The summed E-state index contributed by atoms with van der Waals surface area (Å²) < 4.78 is 32.8. The van der Waals surface area contributed by atoms with Crippen molar-refractivity contribution in [2.24, 2.45) is 0 Å². The van der Waals surface area contributed by atoms with Crippen LogP contribution in [0.1, 0.15) is 79.9 Å². The van der Waals surface area contributed by atoms with Crippen molar-refractivity contribution in [1.82, 2.24) is 10.6 Å². The summed E-state index contributed by atoms with van der Waals surface area (Å²) in [4.78, 5) is 12.8. The minimum absolute atomic E-state index is 0.00801. The van der Waals surface area contributed by atoms with Gasteiger partial charge in [-0.05, 0) is 59.6 Å². The summed E-state index contributed by atoms with van der Waals surface area (Å²) in [5, 5.41) is 17.8. The lowest BCUT2D eigenvalue weighted by molar-refractivity contribution is 0.0788. The van der Waals surface area contributed by atoms with E-state index in [4.69, 9.17) is 4.42 Å². The Labute approximate surface area is 223 Å². The lowest BCUT2D eigenvalue weighted by atomic mass is 9.74. The molecule has 1 aliphatic rings. The summed E-state index contributed by atoms with van der Waals surface area (Å²) in [6.07, 6.45) is 6.95. The molecule has 1 heterocycles. The first-order chi connectivity index (χ1) is 18.1. The highest BCUT2D eigenvalue weighted by Gasteiger charge is 2.35. The van der Waals surface area contributed by atoms with E-state index >= 15 is 0 Å². The smallest absolute Gasteiger partial charge is 0.254 e. The van der Waals surface area contributed by atoms with Crippen LogP contribution in [0, 0.1) is 11.6 Å². The number of aliphatic hydroxyl groups excluding tert-OH is 1. The molecule has 5 nitrogen and oxygen atoms in total. The first-order valence-electron chi connectivity index (χ1n) is 13.4. The van der Waals surface area contributed by atoms with Crippen LogP contribution in [0.4, 0.5) is 8.78 Å². The highest BCUT2D eigenvalue weighted by atomic mass is 19.1. The predicted molar refractivity (Wildman–Crippen MR) is 144 cm³/mol. The van der Waals surface area contributed by atoms with Gasteiger partial charge < -0.3 is 20.2 Å². The van der Waals surface area contributed by atoms with Gasteiger partial charge in [0, 0.05) is 18.2 Å². The van der Waals surface area contributed by atoms with Crippen LogP contribution in [0.15, 0.2) is 65.5 Å². The Morgan fingerprint density at radius 1 is 1.05 bits per heavy atom. The fraction of sp³-hybridized carbons (Fsp3) is 0.452. The van der Waals surface area contributed by atoms with Gasteiger partial charge in [0.1, 0.15) is 17.9 Å². The predicted octanol–water partition coefficient (Wildman–Crippen LogP) is 6.01. The Hall–Kier alpha value is -3.03. The zero-order valence-corrected chi connectivity index (χ0v) is 22.4. The quantitative estimate of drug-likeness (QED) is 0.321. The van der Waals surface area contributed by atoms with Crippen molar-refractivity contribution in [3.8, 4) is 0 Å². The Balaban J connectivity index is 1.56. The number of rotatable bonds is 9. The number of hydrogen-bond acceptors (Lipinski definition) is 4. The molecular formula is C31H38F2N2O3. The normalized spacial score (nSPS) is 17.1. The van der Waals surface area contributed by atoms with Crippen LogP contribution in [0.25, 0.3) is 0 Å². The molecule has 0 spiro atoms. The van der Waals surface area contributed by atoms with Gasteiger partial charge in [-0.1, -0.05) is 64.3 Å². The maximum absolute atomic E-state index is 13.9. The number of carbonyl (C=O) groups is 1. The summed E-state index contributed by atoms with van der Waals surface area (Å²) >= 11 is 0. The average Bonchev–Trinajstić information content (AvgIpc) is 3.42. The summed E-state index contributed by atoms with van der Waals surface area (Å²) in [5.74, 6) is -1.83. The topological polar surface area (TPSA) is 74.5 Å². The van der Waals surface area contributed by atoms with Crippen molar-refractivity contribution >= 4 is 5.91 Å². The average molecular weight is 525 g/mol. The van der Waals surface area contributed by atoms with E-state index in [1.165, 1.54) is 48.3 Å². The van der Waals surface area contributed by atoms with Crippen LogP contribution >= 0.6 is 0 Å². The minimum atomic E-state index is -1.01. The number of carbonyl (C=O) groups excluding carboxylic acids is 1. The molecule has 2 aromatic carbocycles. The van der Waals surface area contributed by atoms with E-state index in [1.807, 2.05) is 0 Å². The van der Waals surface area contributed by atoms with Gasteiger partial charge in [-0.15, -0.1) is 0 Å². The van der Waals surface area contributed by atoms with Crippen molar-refractivity contribution in [2.45, 2.75) is 82.4 Å². The molecule has 1 saturated carbocycles. The molecule has 1 fully saturated rings. The largest absolute Gasteiger partial charge is 0.472 e. The molecule has 1 aliphatic carbocycles. The van der Waals surface area contributed by atoms with Gasteiger partial charge in [-0.25, -0.2) is 8.78 Å². The Bertz CT molecular complexity index is 1190. The first-order valence-corrected chi connectivity index (χ1v) is 13.4. The Morgan fingerprint density at radius 3 is 2.39 bits per heavy atom. The van der Waals surface area contributed by atoms with E-state index in [2.05, 4.69) is 55.7 Å². The molecule has 1 aromatic heterocycles. The third-order valence-electron chi connectivity index (χ3n) is 7.58. The van der Waals surface area contributed by atoms with Gasteiger partial charge in [-0.2, -0.15) is 0 Å². The molecule has 0 saturated heterocycles. The zero-order chi connectivity index (χ0) is 27.3. The van der Waals surface area contributed by atoms with Gasteiger partial charge in [0.05, 0.1) is 24.0 Å². The summed E-state index contributed by atoms with van der Waals surface area (Å²) in [6, 6.07) is 12.6. The van der Waals surface area contributed by atoms with Crippen LogP contribution in [-0.2, 0) is 17.4 Å². The molecule has 3 aromatic rings. The van der Waals surface area contributed by atoms with Crippen LogP contribution in [0.3, 0.4) is 0 Å². The molecule has 0 radical (unpaired) electrons. The van der Waals surface area contributed by atoms with Crippen LogP contribution in [-0.4, -0.2) is 29.7 Å². The Morgan fingerprint density at radius 2 is 1.76 bits per heavy atom. The Kier molecular flexibility index (Phi) is 8.68. The lowest BCUT2D eigenvalue weighted by Crippen LogP contribution is -2.53. The van der Waals surface area contributed by atoms with Crippen molar-refractivity contribution < 1.29 is 23.1 Å². The maximum Gasteiger partial charge on any atom is 0.254 e. The van der Waals surface area contributed by atoms with Crippen molar-refractivity contribution in [3.05, 3.63) is 94.9 Å². The van der Waals surface area contributed by atoms with Gasteiger partial charge in [0.2, 0.25) is 0 Å². The van der Waals surface area contributed by atoms with E-state index in [9.17, 15) is 18.7 Å². The number of furan rings is 1. The number of amides is 1. The summed E-state index contributed by atoms with van der Waals surface area (Å²) in [7, 11) is 0. The molecule has 38 heavy (non-hydrogen) atoms. The second-order valence-corrected chi connectivity index (χ2v) is 11.5. The molecule has 0 aliphatic heterocycles. The third-order valence-corrected chi connectivity index (χ3v) is 7.58. The molecule has 2 atom stereocenters. The second-order valence-electron chi connectivity index (χ2n) is 11.5. The molecule has 0 bridgehead atoms. The van der Waals surface area contributed by atoms with E-state index in [0.717, 1.165) is 31.7 Å². The van der Waals surface area contributed by atoms with Crippen molar-refractivity contribution in [2.75, 3.05) is 6.54 Å². The summed E-state index contributed by atoms with van der Waals surface area (Å²) in [5.41, 5.74) is 2.81. The number of hydrogen-bond donors (Lipinski definition) is 3. The molecule has 3 N–H and O–H groups in total. The fourth-order valence-corrected chi connectivity index (χ4v) is 5.36.